The molecule has 1 amide bonds. The van der Waals surface area contributed by atoms with Crippen LogP contribution in [0.2, 0.25) is 5.02 Å². The van der Waals surface area contributed by atoms with E-state index < -0.39 is 0 Å². The Bertz CT molecular complexity index is 921. The summed E-state index contributed by atoms with van der Waals surface area (Å²) in [6.07, 6.45) is 3.99. The Balaban J connectivity index is 1.80. The van der Waals surface area contributed by atoms with Crippen molar-refractivity contribution in [1.82, 2.24) is 20.1 Å². The highest BCUT2D eigenvalue weighted by molar-refractivity contribution is 6.31. The topological polar surface area (TPSA) is 59.8 Å². The van der Waals surface area contributed by atoms with Gasteiger partial charge in [0.05, 0.1) is 17.5 Å². The second kappa shape index (κ2) is 8.35. The lowest BCUT2D eigenvalue weighted by molar-refractivity contribution is 0.0938. The minimum Gasteiger partial charge on any atom is -0.349 e. The second-order valence-corrected chi connectivity index (χ2v) is 7.28. The van der Waals surface area contributed by atoms with E-state index in [4.69, 9.17) is 11.6 Å². The monoisotopic (exact) mass is 382 g/mol. The van der Waals surface area contributed by atoms with Gasteiger partial charge in [0, 0.05) is 17.3 Å². The molecule has 1 atom stereocenters. The van der Waals surface area contributed by atoms with Crippen molar-refractivity contribution in [2.24, 2.45) is 0 Å². The van der Waals surface area contributed by atoms with Crippen molar-refractivity contribution in [3.63, 3.8) is 0 Å². The van der Waals surface area contributed by atoms with E-state index in [1.54, 1.807) is 17.1 Å². The largest absolute Gasteiger partial charge is 0.349 e. The molecule has 0 bridgehead atoms. The van der Waals surface area contributed by atoms with E-state index in [-0.39, 0.29) is 17.9 Å². The van der Waals surface area contributed by atoms with Gasteiger partial charge in [-0.25, -0.2) is 9.67 Å². The maximum absolute atomic E-state index is 12.9. The first-order valence-corrected chi connectivity index (χ1v) is 9.38. The maximum atomic E-state index is 12.9. The lowest BCUT2D eigenvalue weighted by atomic mass is 10.0. The van der Waals surface area contributed by atoms with Gasteiger partial charge in [0.25, 0.3) is 5.91 Å². The first-order valence-electron chi connectivity index (χ1n) is 9.01. The number of amides is 1. The van der Waals surface area contributed by atoms with Crippen LogP contribution < -0.4 is 5.32 Å². The molecule has 0 spiro atoms. The van der Waals surface area contributed by atoms with Gasteiger partial charge < -0.3 is 5.32 Å². The van der Waals surface area contributed by atoms with Gasteiger partial charge in [-0.15, -0.1) is 0 Å². The standard InChI is InChI=1S/C21H23ClN4O/c1-14(2)20-17(13-24-26(20)19-10-6-7-11-23-19)21(27)25-15(3)12-16-8-4-5-9-18(16)22/h4-11,13-15H,12H2,1-3H3,(H,25,27)/t15-/m0/s1. The number of benzene rings is 1. The number of aromatic nitrogens is 3. The molecule has 0 aliphatic carbocycles. The van der Waals surface area contributed by atoms with Crippen molar-refractivity contribution in [3.05, 3.63) is 76.7 Å². The molecule has 0 saturated heterocycles. The van der Waals surface area contributed by atoms with E-state index >= 15 is 0 Å². The van der Waals surface area contributed by atoms with Gasteiger partial charge in [0.15, 0.2) is 5.82 Å². The van der Waals surface area contributed by atoms with Crippen molar-refractivity contribution in [3.8, 4) is 5.82 Å². The van der Waals surface area contributed by atoms with E-state index in [1.807, 2.05) is 63.2 Å². The predicted molar refractivity (Wildman–Crippen MR) is 108 cm³/mol. The molecule has 0 saturated carbocycles. The number of nitrogens with one attached hydrogen (secondary N) is 1. The fraction of sp³-hybridized carbons (Fsp3) is 0.286. The van der Waals surface area contributed by atoms with E-state index in [0.29, 0.717) is 22.8 Å². The van der Waals surface area contributed by atoms with Crippen LogP contribution in [0.1, 0.15) is 48.3 Å². The smallest absolute Gasteiger partial charge is 0.255 e. The number of pyridine rings is 1. The molecule has 0 fully saturated rings. The van der Waals surface area contributed by atoms with Crippen LogP contribution >= 0.6 is 11.6 Å². The van der Waals surface area contributed by atoms with Crippen molar-refractivity contribution in [2.45, 2.75) is 39.2 Å². The van der Waals surface area contributed by atoms with Gasteiger partial charge >= 0.3 is 0 Å². The third-order valence-corrected chi connectivity index (χ3v) is 4.69. The molecule has 0 radical (unpaired) electrons. The summed E-state index contributed by atoms with van der Waals surface area (Å²) in [7, 11) is 0. The summed E-state index contributed by atoms with van der Waals surface area (Å²) in [5.41, 5.74) is 2.43. The van der Waals surface area contributed by atoms with Crippen LogP contribution in [0.4, 0.5) is 0 Å². The maximum Gasteiger partial charge on any atom is 0.255 e. The number of rotatable bonds is 6. The van der Waals surface area contributed by atoms with Crippen LogP contribution in [0.25, 0.3) is 5.82 Å². The highest BCUT2D eigenvalue weighted by Gasteiger charge is 2.22. The van der Waals surface area contributed by atoms with E-state index in [0.717, 1.165) is 11.3 Å². The Morgan fingerprint density at radius 3 is 2.56 bits per heavy atom. The first kappa shape index (κ1) is 19.1. The Kier molecular flexibility index (Phi) is 5.91. The van der Waals surface area contributed by atoms with E-state index in [9.17, 15) is 4.79 Å². The molecule has 0 unspecified atom stereocenters. The molecular weight excluding hydrogens is 360 g/mol. The molecule has 2 heterocycles. The SMILES string of the molecule is CC(C)c1c(C(=O)N[C@@H](C)Cc2ccccc2Cl)cnn1-c1ccccn1. The van der Waals surface area contributed by atoms with Crippen LogP contribution in [0.5, 0.6) is 0 Å². The Morgan fingerprint density at radius 2 is 1.89 bits per heavy atom. The number of hydrogen-bond acceptors (Lipinski definition) is 3. The number of carbonyl (C=O) groups excluding carboxylic acids is 1. The van der Waals surface area contributed by atoms with Gasteiger partial charge in [0.1, 0.15) is 0 Å². The van der Waals surface area contributed by atoms with Crippen molar-refractivity contribution in [1.29, 1.82) is 0 Å². The summed E-state index contributed by atoms with van der Waals surface area (Å²) < 4.78 is 1.73. The zero-order valence-electron chi connectivity index (χ0n) is 15.7. The van der Waals surface area contributed by atoms with Gasteiger partial charge in [-0.3, -0.25) is 4.79 Å². The molecule has 2 aromatic heterocycles. The number of halogens is 1. The van der Waals surface area contributed by atoms with E-state index in [1.165, 1.54) is 0 Å². The summed E-state index contributed by atoms with van der Waals surface area (Å²) in [6.45, 7) is 6.06. The fourth-order valence-electron chi connectivity index (χ4n) is 3.10. The Hall–Kier alpha value is -2.66. The van der Waals surface area contributed by atoms with Crippen molar-refractivity contribution < 1.29 is 4.79 Å². The molecule has 3 aromatic rings. The summed E-state index contributed by atoms with van der Waals surface area (Å²) in [6, 6.07) is 13.3. The molecule has 5 nitrogen and oxygen atoms in total. The average molecular weight is 383 g/mol. The molecule has 0 aliphatic heterocycles. The Morgan fingerprint density at radius 1 is 1.15 bits per heavy atom. The van der Waals surface area contributed by atoms with Crippen LogP contribution in [-0.4, -0.2) is 26.7 Å². The average Bonchev–Trinajstić information content (AvgIpc) is 3.10. The number of carbonyl (C=O) groups is 1. The van der Waals surface area contributed by atoms with Gasteiger partial charge in [-0.1, -0.05) is 49.7 Å². The zero-order chi connectivity index (χ0) is 19.4. The molecule has 6 heteroatoms. The molecule has 1 aromatic carbocycles. The number of hydrogen-bond donors (Lipinski definition) is 1. The molecule has 0 aliphatic rings. The van der Waals surface area contributed by atoms with Crippen LogP contribution in [0.15, 0.2) is 54.9 Å². The molecule has 27 heavy (non-hydrogen) atoms. The van der Waals surface area contributed by atoms with Crippen LogP contribution in [-0.2, 0) is 6.42 Å². The lowest BCUT2D eigenvalue weighted by Gasteiger charge is -2.16. The third kappa shape index (κ3) is 4.37. The van der Waals surface area contributed by atoms with Crippen LogP contribution in [0, 0.1) is 0 Å². The second-order valence-electron chi connectivity index (χ2n) is 6.87. The van der Waals surface area contributed by atoms with Gasteiger partial charge in [-0.05, 0) is 43.0 Å². The lowest BCUT2D eigenvalue weighted by Crippen LogP contribution is -2.34. The third-order valence-electron chi connectivity index (χ3n) is 4.33. The van der Waals surface area contributed by atoms with E-state index in [2.05, 4.69) is 15.4 Å². The molecule has 140 valence electrons. The molecular formula is C21H23ClN4O. The minimum absolute atomic E-state index is 0.0596. The van der Waals surface area contributed by atoms with Gasteiger partial charge in [-0.2, -0.15) is 5.10 Å². The summed E-state index contributed by atoms with van der Waals surface area (Å²) in [5.74, 6) is 0.680. The highest BCUT2D eigenvalue weighted by Crippen LogP contribution is 2.22. The summed E-state index contributed by atoms with van der Waals surface area (Å²) in [4.78, 5) is 17.2. The molecule has 3 rings (SSSR count). The quantitative estimate of drug-likeness (QED) is 0.687. The van der Waals surface area contributed by atoms with Crippen molar-refractivity contribution >= 4 is 17.5 Å². The minimum atomic E-state index is -0.138. The Labute approximate surface area is 164 Å². The predicted octanol–water partition coefficient (Wildman–Crippen LogP) is 4.41. The van der Waals surface area contributed by atoms with Crippen molar-refractivity contribution in [2.75, 3.05) is 0 Å². The van der Waals surface area contributed by atoms with Gasteiger partial charge in [0.2, 0.25) is 0 Å². The summed E-state index contributed by atoms with van der Waals surface area (Å²) >= 11 is 6.23. The first-order chi connectivity index (χ1) is 13.0. The normalized spacial score (nSPS) is 12.2. The number of nitrogens with zero attached hydrogens (tertiary/aromatic N) is 3. The molecule has 1 N–H and O–H groups in total. The highest BCUT2D eigenvalue weighted by atomic mass is 35.5. The fourth-order valence-corrected chi connectivity index (χ4v) is 3.31. The van der Waals surface area contributed by atoms with Crippen LogP contribution in [0.3, 0.4) is 0 Å². The summed E-state index contributed by atoms with van der Waals surface area (Å²) in [5, 5.41) is 8.18. The zero-order valence-corrected chi connectivity index (χ0v) is 16.4.